The summed E-state index contributed by atoms with van der Waals surface area (Å²) >= 11 is 12.2. The zero-order valence-electron chi connectivity index (χ0n) is 21.4. The number of sulfonamides is 1. The van der Waals surface area contributed by atoms with Gasteiger partial charge in [-0.05, 0) is 60.4 Å². The fraction of sp³-hybridized carbons (Fsp3) is 0.357. The normalized spacial score (nSPS) is 15.1. The van der Waals surface area contributed by atoms with Gasteiger partial charge in [-0.25, -0.2) is 8.42 Å². The van der Waals surface area contributed by atoms with Crippen molar-refractivity contribution in [3.05, 3.63) is 76.3 Å². The van der Waals surface area contributed by atoms with E-state index in [0.717, 1.165) is 40.8 Å². The van der Waals surface area contributed by atoms with Crippen LogP contribution >= 0.6 is 23.2 Å². The molecule has 3 aromatic rings. The highest BCUT2D eigenvalue weighted by Gasteiger charge is 2.31. The number of rotatable bonds is 9. The first kappa shape index (κ1) is 28.4. The van der Waals surface area contributed by atoms with Crippen LogP contribution in [0.15, 0.2) is 65.6 Å². The molecule has 7 nitrogen and oxygen atoms in total. The lowest BCUT2D eigenvalue weighted by Crippen LogP contribution is -2.52. The standard InChI is InChI=1S/C28H31Cl2N3O4S/c1-19(28(35)31-23-9-5-6-10-23)33(17-20-11-14-25(29)26(30)15-20)27(34)18-32(2)38(36,37)24-13-12-21-7-3-4-8-22(21)16-24/h3-4,7-8,11-16,19,23H,5-6,9-10,17-18H2,1-2H3,(H,31,35)/t19-/m0/s1. The second kappa shape index (κ2) is 12.0. The minimum Gasteiger partial charge on any atom is -0.352 e. The Morgan fingerprint density at radius 1 is 0.974 bits per heavy atom. The van der Waals surface area contributed by atoms with Gasteiger partial charge in [-0.2, -0.15) is 4.31 Å². The summed E-state index contributed by atoms with van der Waals surface area (Å²) in [6.07, 6.45) is 3.93. The monoisotopic (exact) mass is 575 g/mol. The average molecular weight is 577 g/mol. The van der Waals surface area contributed by atoms with E-state index >= 15 is 0 Å². The van der Waals surface area contributed by atoms with E-state index in [-0.39, 0.29) is 23.4 Å². The van der Waals surface area contributed by atoms with Crippen LogP contribution in [0.2, 0.25) is 10.0 Å². The van der Waals surface area contributed by atoms with Gasteiger partial charge in [0.05, 0.1) is 21.5 Å². The van der Waals surface area contributed by atoms with Crippen molar-refractivity contribution < 1.29 is 18.0 Å². The third kappa shape index (κ3) is 6.49. The van der Waals surface area contributed by atoms with E-state index in [1.165, 1.54) is 18.0 Å². The molecule has 0 heterocycles. The highest BCUT2D eigenvalue weighted by atomic mass is 35.5. The predicted octanol–water partition coefficient (Wildman–Crippen LogP) is 5.24. The molecule has 0 aromatic heterocycles. The van der Waals surface area contributed by atoms with E-state index in [9.17, 15) is 18.0 Å². The topological polar surface area (TPSA) is 86.8 Å². The van der Waals surface area contributed by atoms with Crippen LogP contribution in [0.1, 0.15) is 38.2 Å². The Bertz CT molecular complexity index is 1440. The molecule has 1 N–H and O–H groups in total. The van der Waals surface area contributed by atoms with Crippen LogP contribution in [0.3, 0.4) is 0 Å². The summed E-state index contributed by atoms with van der Waals surface area (Å²) in [7, 11) is -2.60. The number of carbonyl (C=O) groups is 2. The number of halogens is 2. The summed E-state index contributed by atoms with van der Waals surface area (Å²) < 4.78 is 27.7. The maximum absolute atomic E-state index is 13.6. The average Bonchev–Trinajstić information content (AvgIpc) is 3.41. The number of nitrogens with zero attached hydrogens (tertiary/aromatic N) is 2. The molecule has 1 aliphatic rings. The van der Waals surface area contributed by atoms with Crippen LogP contribution in [0.4, 0.5) is 0 Å². The number of benzene rings is 3. The molecule has 38 heavy (non-hydrogen) atoms. The fourth-order valence-corrected chi connectivity index (χ4v) is 6.16. The summed E-state index contributed by atoms with van der Waals surface area (Å²) in [4.78, 5) is 28.1. The first-order valence-electron chi connectivity index (χ1n) is 12.5. The van der Waals surface area contributed by atoms with Gasteiger partial charge in [-0.15, -0.1) is 0 Å². The Labute approximate surface area is 233 Å². The quantitative estimate of drug-likeness (QED) is 0.378. The smallest absolute Gasteiger partial charge is 0.243 e. The van der Waals surface area contributed by atoms with Crippen molar-refractivity contribution in [2.75, 3.05) is 13.6 Å². The number of amides is 2. The third-order valence-electron chi connectivity index (χ3n) is 6.99. The molecule has 1 atom stereocenters. The lowest BCUT2D eigenvalue weighted by molar-refractivity contribution is -0.140. The molecule has 1 aliphatic carbocycles. The van der Waals surface area contributed by atoms with E-state index < -0.39 is 28.5 Å². The molecule has 10 heteroatoms. The van der Waals surface area contributed by atoms with E-state index in [4.69, 9.17) is 23.2 Å². The van der Waals surface area contributed by atoms with E-state index in [1.54, 1.807) is 37.3 Å². The van der Waals surface area contributed by atoms with Gasteiger partial charge in [0.1, 0.15) is 6.04 Å². The van der Waals surface area contributed by atoms with Crippen molar-refractivity contribution in [3.8, 4) is 0 Å². The number of likely N-dealkylation sites (N-methyl/N-ethyl adjacent to an activating group) is 1. The number of hydrogen-bond acceptors (Lipinski definition) is 4. The minimum atomic E-state index is -3.96. The van der Waals surface area contributed by atoms with Gasteiger partial charge in [0.15, 0.2) is 0 Å². The summed E-state index contributed by atoms with van der Waals surface area (Å²) in [5.74, 6) is -0.776. The van der Waals surface area contributed by atoms with Crippen molar-refractivity contribution in [1.29, 1.82) is 0 Å². The molecule has 0 bridgehead atoms. The number of fused-ring (bicyclic) bond motifs is 1. The van der Waals surface area contributed by atoms with Crippen LogP contribution in [0.5, 0.6) is 0 Å². The molecule has 2 amide bonds. The number of hydrogen-bond donors (Lipinski definition) is 1. The molecule has 1 saturated carbocycles. The summed E-state index contributed by atoms with van der Waals surface area (Å²) in [5.41, 5.74) is 0.674. The van der Waals surface area contributed by atoms with Crippen molar-refractivity contribution in [3.63, 3.8) is 0 Å². The highest BCUT2D eigenvalue weighted by molar-refractivity contribution is 7.89. The van der Waals surface area contributed by atoms with Crippen molar-refractivity contribution in [2.24, 2.45) is 0 Å². The number of carbonyl (C=O) groups excluding carboxylic acids is 2. The van der Waals surface area contributed by atoms with Crippen LogP contribution in [-0.2, 0) is 26.2 Å². The summed E-state index contributed by atoms with van der Waals surface area (Å²) in [5, 5.41) is 5.44. The van der Waals surface area contributed by atoms with Crippen LogP contribution in [0.25, 0.3) is 10.8 Å². The molecular weight excluding hydrogens is 545 g/mol. The largest absolute Gasteiger partial charge is 0.352 e. The summed E-state index contributed by atoms with van der Waals surface area (Å²) in [6, 6.07) is 16.6. The molecule has 3 aromatic carbocycles. The van der Waals surface area contributed by atoms with Gasteiger partial charge in [0.2, 0.25) is 21.8 Å². The Morgan fingerprint density at radius 2 is 1.66 bits per heavy atom. The van der Waals surface area contributed by atoms with Crippen molar-refractivity contribution in [2.45, 2.75) is 56.1 Å². The van der Waals surface area contributed by atoms with E-state index in [1.807, 2.05) is 24.3 Å². The van der Waals surface area contributed by atoms with E-state index in [2.05, 4.69) is 5.32 Å². The Hall–Kier alpha value is -2.65. The van der Waals surface area contributed by atoms with Gasteiger partial charge >= 0.3 is 0 Å². The maximum atomic E-state index is 13.6. The zero-order chi connectivity index (χ0) is 27.4. The molecule has 202 valence electrons. The SMILES string of the molecule is C[C@@H](C(=O)NC1CCCC1)N(Cc1ccc(Cl)c(Cl)c1)C(=O)CN(C)S(=O)(=O)c1ccc2ccccc2c1. The lowest BCUT2D eigenvalue weighted by Gasteiger charge is -2.31. The molecule has 0 aliphatic heterocycles. The van der Waals surface area contributed by atoms with Gasteiger partial charge < -0.3 is 10.2 Å². The second-order valence-corrected chi connectivity index (χ2v) is 12.6. The van der Waals surface area contributed by atoms with Crippen molar-refractivity contribution >= 4 is 55.8 Å². The Morgan fingerprint density at radius 3 is 2.34 bits per heavy atom. The lowest BCUT2D eigenvalue weighted by atomic mass is 10.1. The van der Waals surface area contributed by atoms with Crippen LogP contribution in [0, 0.1) is 0 Å². The highest BCUT2D eigenvalue weighted by Crippen LogP contribution is 2.25. The van der Waals surface area contributed by atoms with Gasteiger partial charge in [0, 0.05) is 19.6 Å². The second-order valence-electron chi connectivity index (χ2n) is 9.71. The zero-order valence-corrected chi connectivity index (χ0v) is 23.7. The molecule has 0 radical (unpaired) electrons. The van der Waals surface area contributed by atoms with Crippen molar-refractivity contribution in [1.82, 2.24) is 14.5 Å². The first-order valence-corrected chi connectivity index (χ1v) is 14.7. The molecule has 1 fully saturated rings. The minimum absolute atomic E-state index is 0.0683. The fourth-order valence-electron chi connectivity index (χ4n) is 4.68. The Kier molecular flexibility index (Phi) is 8.98. The predicted molar refractivity (Wildman–Crippen MR) is 151 cm³/mol. The van der Waals surface area contributed by atoms with Gasteiger partial charge in [-0.1, -0.05) is 72.4 Å². The Balaban J connectivity index is 1.56. The number of nitrogens with one attached hydrogen (secondary N) is 1. The van der Waals surface area contributed by atoms with Gasteiger partial charge in [-0.3, -0.25) is 9.59 Å². The molecular formula is C28H31Cl2N3O4S. The van der Waals surface area contributed by atoms with E-state index in [0.29, 0.717) is 15.6 Å². The van der Waals surface area contributed by atoms with Crippen LogP contribution < -0.4 is 5.32 Å². The molecule has 0 unspecified atom stereocenters. The van der Waals surface area contributed by atoms with Crippen LogP contribution in [-0.4, -0.2) is 55.1 Å². The molecule has 0 saturated heterocycles. The summed E-state index contributed by atoms with van der Waals surface area (Å²) in [6.45, 7) is 1.29. The molecule has 4 rings (SSSR count). The van der Waals surface area contributed by atoms with Gasteiger partial charge in [0.25, 0.3) is 0 Å². The molecule has 0 spiro atoms. The first-order chi connectivity index (χ1) is 18.1. The third-order valence-corrected chi connectivity index (χ3v) is 9.53. The maximum Gasteiger partial charge on any atom is 0.243 e.